The Bertz CT molecular complexity index is 492. The molecule has 0 atom stereocenters. The molecule has 0 spiro atoms. The highest BCUT2D eigenvalue weighted by molar-refractivity contribution is 9.10. The van der Waals surface area contributed by atoms with Crippen molar-refractivity contribution < 1.29 is 28.2 Å². The average molecular weight is 353 g/mol. The van der Waals surface area contributed by atoms with E-state index < -0.39 is 18.3 Å². The summed E-state index contributed by atoms with van der Waals surface area (Å²) < 4.78 is 38.8. The summed E-state index contributed by atoms with van der Waals surface area (Å²) >= 11 is 3.19. The van der Waals surface area contributed by atoms with Crippen LogP contribution in [0.25, 0.3) is 0 Å². The van der Waals surface area contributed by atoms with Crippen molar-refractivity contribution in [2.24, 2.45) is 0 Å². The zero-order valence-electron chi connectivity index (χ0n) is 11.1. The van der Waals surface area contributed by atoms with Gasteiger partial charge in [0.15, 0.2) is 0 Å². The van der Waals surface area contributed by atoms with Gasteiger partial charge >= 0.3 is 5.97 Å². The van der Waals surface area contributed by atoms with E-state index in [1.165, 1.54) is 26.4 Å². The highest BCUT2D eigenvalue weighted by atomic mass is 79.9. The average Bonchev–Trinajstić information content (AvgIpc) is 2.37. The maximum Gasteiger partial charge on any atom is 0.303 e. The maximum absolute atomic E-state index is 14.2. The molecule has 0 aliphatic heterocycles. The molecule has 20 heavy (non-hydrogen) atoms. The Morgan fingerprint density at radius 3 is 2.40 bits per heavy atom. The fraction of sp³-hybridized carbons (Fsp3) is 0.462. The van der Waals surface area contributed by atoms with Crippen molar-refractivity contribution >= 4 is 21.9 Å². The first-order valence-corrected chi connectivity index (χ1v) is 6.62. The summed E-state index contributed by atoms with van der Waals surface area (Å²) in [6, 6.07) is 2.60. The molecule has 7 heteroatoms. The normalized spacial score (nSPS) is 11.2. The third-order valence-electron chi connectivity index (χ3n) is 2.75. The van der Waals surface area contributed by atoms with Gasteiger partial charge in [0.25, 0.3) is 5.92 Å². The number of hydrogen-bond acceptors (Lipinski definition) is 3. The van der Waals surface area contributed by atoms with Crippen molar-refractivity contribution in [3.63, 3.8) is 0 Å². The molecule has 1 N–H and O–H groups in total. The molecule has 0 heterocycles. The Hall–Kier alpha value is -1.37. The molecule has 0 bridgehead atoms. The van der Waals surface area contributed by atoms with Crippen molar-refractivity contribution in [2.45, 2.75) is 25.2 Å². The smallest absolute Gasteiger partial charge is 0.303 e. The van der Waals surface area contributed by atoms with E-state index in [-0.39, 0.29) is 29.9 Å². The van der Waals surface area contributed by atoms with Gasteiger partial charge in [-0.15, -0.1) is 0 Å². The highest BCUT2D eigenvalue weighted by Crippen LogP contribution is 2.43. The molecule has 1 aromatic rings. The molecule has 0 saturated heterocycles. The van der Waals surface area contributed by atoms with E-state index >= 15 is 0 Å². The number of carbonyl (C=O) groups is 1. The fourth-order valence-electron chi connectivity index (χ4n) is 1.74. The van der Waals surface area contributed by atoms with Gasteiger partial charge in [-0.3, -0.25) is 4.79 Å². The number of methoxy groups -OCH3 is 2. The Balaban J connectivity index is 3.05. The van der Waals surface area contributed by atoms with Crippen LogP contribution in [0, 0.1) is 0 Å². The van der Waals surface area contributed by atoms with E-state index in [9.17, 15) is 13.6 Å². The van der Waals surface area contributed by atoms with E-state index in [2.05, 4.69) is 15.9 Å². The van der Waals surface area contributed by atoms with E-state index in [0.29, 0.717) is 4.47 Å². The van der Waals surface area contributed by atoms with Gasteiger partial charge in [-0.25, -0.2) is 8.78 Å². The summed E-state index contributed by atoms with van der Waals surface area (Å²) in [7, 11) is 2.67. The zero-order chi connectivity index (χ0) is 15.3. The number of aliphatic carboxylic acids is 1. The third-order valence-corrected chi connectivity index (χ3v) is 3.37. The first-order chi connectivity index (χ1) is 9.31. The SMILES string of the molecule is COc1cc(C(F)(F)CCCC(=O)O)c(OC)cc1Br. The fourth-order valence-corrected chi connectivity index (χ4v) is 2.23. The third kappa shape index (κ3) is 4.06. The van der Waals surface area contributed by atoms with Crippen molar-refractivity contribution in [1.29, 1.82) is 0 Å². The molecule has 0 unspecified atom stereocenters. The van der Waals surface area contributed by atoms with Crippen LogP contribution < -0.4 is 9.47 Å². The number of halogens is 3. The number of carboxylic acid groups (broad SMARTS) is 1. The Labute approximate surface area is 123 Å². The molecule has 0 aromatic heterocycles. The summed E-state index contributed by atoms with van der Waals surface area (Å²) in [6.07, 6.45) is -0.990. The lowest BCUT2D eigenvalue weighted by Crippen LogP contribution is -2.15. The Kier molecular flexibility index (Phi) is 5.74. The summed E-state index contributed by atoms with van der Waals surface area (Å²) in [6.45, 7) is 0. The topological polar surface area (TPSA) is 55.8 Å². The van der Waals surface area contributed by atoms with Crippen LogP contribution in [0.3, 0.4) is 0 Å². The van der Waals surface area contributed by atoms with Gasteiger partial charge in [0.1, 0.15) is 11.5 Å². The van der Waals surface area contributed by atoms with Crippen LogP contribution in [-0.4, -0.2) is 25.3 Å². The Morgan fingerprint density at radius 2 is 1.90 bits per heavy atom. The summed E-state index contributed by atoms with van der Waals surface area (Å²) in [5.74, 6) is -3.99. The first-order valence-electron chi connectivity index (χ1n) is 5.83. The lowest BCUT2D eigenvalue weighted by Gasteiger charge is -2.20. The van der Waals surface area contributed by atoms with Crippen LogP contribution >= 0.6 is 15.9 Å². The summed E-state index contributed by atoms with van der Waals surface area (Å²) in [5, 5.41) is 8.50. The standard InChI is InChI=1S/C13H15BrF2O4/c1-19-10-7-9(14)11(20-2)6-8(10)13(15,16)5-3-4-12(17)18/h6-7H,3-5H2,1-2H3,(H,17,18). The van der Waals surface area contributed by atoms with E-state index in [1.807, 2.05) is 0 Å². The van der Waals surface area contributed by atoms with Crippen molar-refractivity contribution in [3.05, 3.63) is 22.2 Å². The predicted molar refractivity (Wildman–Crippen MR) is 72.6 cm³/mol. The van der Waals surface area contributed by atoms with Gasteiger partial charge in [0, 0.05) is 12.8 Å². The second-order valence-corrected chi connectivity index (χ2v) is 4.99. The van der Waals surface area contributed by atoms with Crippen LogP contribution in [0.1, 0.15) is 24.8 Å². The van der Waals surface area contributed by atoms with Gasteiger partial charge in [-0.1, -0.05) is 0 Å². The number of carboxylic acids is 1. The molecule has 0 fully saturated rings. The lowest BCUT2D eigenvalue weighted by atomic mass is 10.0. The van der Waals surface area contributed by atoms with Gasteiger partial charge < -0.3 is 14.6 Å². The minimum atomic E-state index is -3.19. The predicted octanol–water partition coefficient (Wildman–Crippen LogP) is 3.81. The van der Waals surface area contributed by atoms with Gasteiger partial charge in [-0.05, 0) is 34.5 Å². The second kappa shape index (κ2) is 6.88. The molecule has 0 radical (unpaired) electrons. The first kappa shape index (κ1) is 16.7. The largest absolute Gasteiger partial charge is 0.496 e. The lowest BCUT2D eigenvalue weighted by molar-refractivity contribution is -0.137. The molecule has 4 nitrogen and oxygen atoms in total. The molecule has 0 amide bonds. The van der Waals surface area contributed by atoms with Gasteiger partial charge in [0.2, 0.25) is 0 Å². The number of alkyl halides is 2. The molecule has 112 valence electrons. The monoisotopic (exact) mass is 352 g/mol. The number of rotatable bonds is 7. The zero-order valence-corrected chi connectivity index (χ0v) is 12.7. The number of ether oxygens (including phenoxy) is 2. The molecule has 1 rings (SSSR count). The van der Waals surface area contributed by atoms with Crippen molar-refractivity contribution in [1.82, 2.24) is 0 Å². The minimum Gasteiger partial charge on any atom is -0.496 e. The van der Waals surface area contributed by atoms with Crippen LogP contribution in [0.5, 0.6) is 11.5 Å². The van der Waals surface area contributed by atoms with Crippen LogP contribution in [0.2, 0.25) is 0 Å². The maximum atomic E-state index is 14.2. The molecular weight excluding hydrogens is 338 g/mol. The Morgan fingerprint density at radius 1 is 1.30 bits per heavy atom. The number of hydrogen-bond donors (Lipinski definition) is 1. The highest BCUT2D eigenvalue weighted by Gasteiger charge is 2.35. The summed E-state index contributed by atoms with van der Waals surface area (Å²) in [4.78, 5) is 10.4. The van der Waals surface area contributed by atoms with Crippen molar-refractivity contribution in [2.75, 3.05) is 14.2 Å². The van der Waals surface area contributed by atoms with Crippen molar-refractivity contribution in [3.8, 4) is 11.5 Å². The van der Waals surface area contributed by atoms with Crippen LogP contribution in [0.4, 0.5) is 8.78 Å². The number of benzene rings is 1. The van der Waals surface area contributed by atoms with E-state index in [4.69, 9.17) is 14.6 Å². The molecule has 0 aliphatic rings. The van der Waals surface area contributed by atoms with E-state index in [1.54, 1.807) is 0 Å². The molecule has 0 saturated carbocycles. The molecular formula is C13H15BrF2O4. The second-order valence-electron chi connectivity index (χ2n) is 4.14. The summed E-state index contributed by atoms with van der Waals surface area (Å²) in [5.41, 5.74) is -0.314. The van der Waals surface area contributed by atoms with Crippen LogP contribution in [-0.2, 0) is 10.7 Å². The van der Waals surface area contributed by atoms with Crippen LogP contribution in [0.15, 0.2) is 16.6 Å². The molecule has 0 aliphatic carbocycles. The molecule has 1 aromatic carbocycles. The quantitative estimate of drug-likeness (QED) is 0.810. The van der Waals surface area contributed by atoms with Gasteiger partial charge in [-0.2, -0.15) is 0 Å². The van der Waals surface area contributed by atoms with Gasteiger partial charge in [0.05, 0.1) is 24.3 Å². The van der Waals surface area contributed by atoms with E-state index in [0.717, 1.165) is 0 Å². The minimum absolute atomic E-state index is 0.0259.